The van der Waals surface area contributed by atoms with Crippen LogP contribution in [0.3, 0.4) is 0 Å². The lowest BCUT2D eigenvalue weighted by atomic mass is 10.1. The summed E-state index contributed by atoms with van der Waals surface area (Å²) in [6.45, 7) is 8.58. The van der Waals surface area contributed by atoms with E-state index in [1.807, 2.05) is 18.8 Å². The molecule has 0 atom stereocenters. The number of halogens is 1. The number of nitrogens with zero attached hydrogens (tertiary/aromatic N) is 1. The van der Waals surface area contributed by atoms with E-state index in [1.54, 1.807) is 5.57 Å². The highest BCUT2D eigenvalue weighted by molar-refractivity contribution is 14.1. The maximum atomic E-state index is 2.33. The molecule has 0 unspecified atom stereocenters. The Balaban J connectivity index is 0. The summed E-state index contributed by atoms with van der Waals surface area (Å²) in [5.41, 5.74) is 1.54. The van der Waals surface area contributed by atoms with Crippen molar-refractivity contribution in [1.29, 1.82) is 0 Å². The summed E-state index contributed by atoms with van der Waals surface area (Å²) >= 11 is 2.15. The number of rotatable bonds is 0. The molecule has 1 aliphatic rings. The fourth-order valence-corrected chi connectivity index (χ4v) is 0.872. The number of alkyl halides is 1. The second-order valence-corrected chi connectivity index (χ2v) is 2.56. The molecule has 12 heavy (non-hydrogen) atoms. The summed E-state index contributed by atoms with van der Waals surface area (Å²) < 4.78 is 0. The zero-order valence-corrected chi connectivity index (χ0v) is 11.2. The van der Waals surface area contributed by atoms with Gasteiger partial charge in [0.25, 0.3) is 0 Å². The van der Waals surface area contributed by atoms with Crippen LogP contribution in [0.5, 0.6) is 0 Å². The minimum Gasteiger partial charge on any atom is -0.302 e. The van der Waals surface area contributed by atoms with Crippen LogP contribution in [-0.4, -0.2) is 30.0 Å². The summed E-state index contributed by atoms with van der Waals surface area (Å²) in [6.07, 6.45) is 3.56. The molecule has 0 saturated carbocycles. The number of likely N-dealkylation sites (N-methyl/N-ethyl adjacent to an activating group) is 1. The van der Waals surface area contributed by atoms with Crippen LogP contribution in [0.15, 0.2) is 11.6 Å². The molecule has 1 rings (SSSR count). The van der Waals surface area contributed by atoms with Gasteiger partial charge in [0.1, 0.15) is 0 Å². The first kappa shape index (κ1) is 14.9. The normalized spacial score (nSPS) is 16.3. The average Bonchev–Trinajstić information content (AvgIpc) is 2.17. The highest BCUT2D eigenvalue weighted by atomic mass is 127. The Bertz CT molecular complexity index is 110. The van der Waals surface area contributed by atoms with E-state index in [-0.39, 0.29) is 0 Å². The third kappa shape index (κ3) is 8.53. The van der Waals surface area contributed by atoms with E-state index in [4.69, 9.17) is 0 Å². The Morgan fingerprint density at radius 3 is 2.08 bits per heavy atom. The minimum absolute atomic E-state index is 1.14. The fourth-order valence-electron chi connectivity index (χ4n) is 0.872. The van der Waals surface area contributed by atoms with Crippen molar-refractivity contribution < 1.29 is 0 Å². The van der Waals surface area contributed by atoms with Crippen LogP contribution in [0, 0.1) is 0 Å². The second-order valence-electron chi connectivity index (χ2n) is 2.56. The van der Waals surface area contributed by atoms with Crippen LogP contribution in [-0.2, 0) is 0 Å². The van der Waals surface area contributed by atoms with E-state index in [9.17, 15) is 0 Å². The van der Waals surface area contributed by atoms with Gasteiger partial charge in [-0.05, 0) is 25.3 Å². The quantitative estimate of drug-likeness (QED) is 0.374. The fraction of sp³-hybridized carbons (Fsp3) is 0.800. The topological polar surface area (TPSA) is 3.24 Å². The predicted octanol–water partition coefficient (Wildman–Crippen LogP) is 3.35. The highest BCUT2D eigenvalue weighted by Gasteiger charge is 2.01. The van der Waals surface area contributed by atoms with Gasteiger partial charge in [0.2, 0.25) is 0 Å². The van der Waals surface area contributed by atoms with Gasteiger partial charge < -0.3 is 4.90 Å². The zero-order valence-electron chi connectivity index (χ0n) is 9.02. The van der Waals surface area contributed by atoms with Gasteiger partial charge in [-0.15, -0.1) is 0 Å². The van der Waals surface area contributed by atoms with Gasteiger partial charge in [-0.2, -0.15) is 0 Å². The lowest BCUT2D eigenvalue weighted by Gasteiger charge is -2.19. The molecule has 0 amide bonds. The van der Waals surface area contributed by atoms with Crippen LogP contribution in [0.1, 0.15) is 27.2 Å². The Kier molecular flexibility index (Phi) is 14.2. The summed E-state index contributed by atoms with van der Waals surface area (Å²) in [5.74, 6) is 0. The molecule has 0 bridgehead atoms. The SMILES string of the molecule is CC.CC1=CCN(C)CC1.CI. The lowest BCUT2D eigenvalue weighted by Crippen LogP contribution is -2.23. The molecule has 0 aromatic heterocycles. The molecule has 0 saturated heterocycles. The summed E-state index contributed by atoms with van der Waals surface area (Å²) in [4.78, 5) is 4.30. The molecule has 0 radical (unpaired) electrons. The van der Waals surface area contributed by atoms with Gasteiger partial charge in [-0.1, -0.05) is 48.1 Å². The van der Waals surface area contributed by atoms with E-state index >= 15 is 0 Å². The molecule has 0 aromatic rings. The van der Waals surface area contributed by atoms with Crippen LogP contribution in [0.25, 0.3) is 0 Å². The molecule has 1 nitrogen and oxygen atoms in total. The van der Waals surface area contributed by atoms with E-state index in [1.165, 1.54) is 13.0 Å². The second kappa shape index (κ2) is 11.4. The molecule has 0 N–H and O–H groups in total. The molecule has 2 heteroatoms. The first-order chi connectivity index (χ1) is 5.79. The van der Waals surface area contributed by atoms with Crippen molar-refractivity contribution in [3.05, 3.63) is 11.6 Å². The molecule has 1 aliphatic heterocycles. The maximum absolute atomic E-state index is 2.33. The van der Waals surface area contributed by atoms with Crippen molar-refractivity contribution in [3.8, 4) is 0 Å². The molecule has 1 heterocycles. The first-order valence-electron chi connectivity index (χ1n) is 4.51. The highest BCUT2D eigenvalue weighted by Crippen LogP contribution is 2.06. The van der Waals surface area contributed by atoms with Gasteiger partial charge in [0, 0.05) is 13.1 Å². The Morgan fingerprint density at radius 1 is 1.33 bits per heavy atom. The molecule has 0 aliphatic carbocycles. The molecule has 74 valence electrons. The third-order valence-electron chi connectivity index (χ3n) is 1.64. The predicted molar refractivity (Wildman–Crippen MR) is 67.2 cm³/mol. The number of hydrogen-bond donors (Lipinski definition) is 0. The van der Waals surface area contributed by atoms with Crippen molar-refractivity contribution >= 4 is 22.6 Å². The Morgan fingerprint density at radius 2 is 1.83 bits per heavy atom. The molecule has 0 aromatic carbocycles. The average molecular weight is 283 g/mol. The van der Waals surface area contributed by atoms with Gasteiger partial charge in [0.05, 0.1) is 0 Å². The third-order valence-corrected chi connectivity index (χ3v) is 1.64. The van der Waals surface area contributed by atoms with Crippen LogP contribution < -0.4 is 0 Å². The van der Waals surface area contributed by atoms with Gasteiger partial charge in [-0.25, -0.2) is 0 Å². The molecular formula is C10H22IN. The van der Waals surface area contributed by atoms with Gasteiger partial charge >= 0.3 is 0 Å². The Labute approximate surface area is 91.4 Å². The van der Waals surface area contributed by atoms with Crippen LogP contribution >= 0.6 is 22.6 Å². The van der Waals surface area contributed by atoms with Crippen molar-refractivity contribution in [1.82, 2.24) is 4.90 Å². The summed E-state index contributed by atoms with van der Waals surface area (Å²) in [6, 6.07) is 0. The zero-order chi connectivity index (χ0) is 9.98. The van der Waals surface area contributed by atoms with Gasteiger partial charge in [-0.3, -0.25) is 0 Å². The minimum atomic E-state index is 1.14. The van der Waals surface area contributed by atoms with E-state index in [0.29, 0.717) is 0 Å². The molecule has 0 fully saturated rings. The van der Waals surface area contributed by atoms with Crippen LogP contribution in [0.4, 0.5) is 0 Å². The lowest BCUT2D eigenvalue weighted by molar-refractivity contribution is 0.359. The van der Waals surface area contributed by atoms with E-state index in [2.05, 4.69) is 47.5 Å². The van der Waals surface area contributed by atoms with Crippen molar-refractivity contribution in [2.75, 3.05) is 25.1 Å². The monoisotopic (exact) mass is 283 g/mol. The van der Waals surface area contributed by atoms with E-state index in [0.717, 1.165) is 6.54 Å². The largest absolute Gasteiger partial charge is 0.302 e. The van der Waals surface area contributed by atoms with E-state index < -0.39 is 0 Å². The number of hydrogen-bond acceptors (Lipinski definition) is 1. The van der Waals surface area contributed by atoms with Crippen molar-refractivity contribution in [2.24, 2.45) is 0 Å². The van der Waals surface area contributed by atoms with Crippen LogP contribution in [0.2, 0.25) is 0 Å². The first-order valence-corrected chi connectivity index (χ1v) is 6.67. The Hall–Kier alpha value is 0.430. The molecule has 0 spiro atoms. The maximum Gasteiger partial charge on any atom is 0.0162 e. The standard InChI is InChI=1S/C7H13N.C2H6.CH3I/c1-7-3-5-8(2)6-4-7;2*1-2/h3H,4-6H2,1-2H3;1-2H3;1H3. The smallest absolute Gasteiger partial charge is 0.0162 e. The summed E-state index contributed by atoms with van der Waals surface area (Å²) in [7, 11) is 2.16. The summed E-state index contributed by atoms with van der Waals surface area (Å²) in [5, 5.41) is 0. The van der Waals surface area contributed by atoms with Gasteiger partial charge in [0.15, 0.2) is 0 Å². The van der Waals surface area contributed by atoms with Crippen molar-refractivity contribution in [2.45, 2.75) is 27.2 Å². The van der Waals surface area contributed by atoms with Crippen molar-refractivity contribution in [3.63, 3.8) is 0 Å². The molecular weight excluding hydrogens is 261 g/mol.